The Kier molecular flexibility index (Phi) is 6.07. The molecule has 4 heterocycles. The van der Waals surface area contributed by atoms with E-state index in [1.165, 1.54) is 11.2 Å². The monoisotopic (exact) mass is 468 g/mol. The van der Waals surface area contributed by atoms with Gasteiger partial charge in [0.2, 0.25) is 0 Å². The van der Waals surface area contributed by atoms with E-state index in [9.17, 15) is 14.7 Å². The first-order valence-electron chi connectivity index (χ1n) is 11.1. The molecule has 0 spiro atoms. The Morgan fingerprint density at radius 3 is 2.53 bits per heavy atom. The van der Waals surface area contributed by atoms with Crippen molar-refractivity contribution < 1.29 is 19.4 Å². The number of ether oxygens (including phenoxy) is 1. The van der Waals surface area contributed by atoms with Gasteiger partial charge in [0.25, 0.3) is 0 Å². The van der Waals surface area contributed by atoms with Crippen molar-refractivity contribution >= 4 is 29.0 Å². The van der Waals surface area contributed by atoms with Crippen LogP contribution >= 0.6 is 0 Å². The minimum absolute atomic E-state index is 0.157. The van der Waals surface area contributed by atoms with Crippen molar-refractivity contribution in [3.05, 3.63) is 24.5 Å². The molecule has 1 fully saturated rings. The molecule has 2 N–H and O–H groups in total. The summed E-state index contributed by atoms with van der Waals surface area (Å²) >= 11 is 0. The van der Waals surface area contributed by atoms with E-state index in [1.807, 2.05) is 18.4 Å². The number of nitrogens with zero attached hydrogens (tertiary/aromatic N) is 7. The van der Waals surface area contributed by atoms with Gasteiger partial charge in [0, 0.05) is 37.9 Å². The number of nitrogens with one attached hydrogen (secondary N) is 1. The van der Waals surface area contributed by atoms with Gasteiger partial charge in [-0.15, -0.1) is 0 Å². The standard InChI is InChI=1S/C22H28N8O4/c1-6-29-18(13-8-23-12(2)24-9-13)28-16-17(25-11-26-19(16)29)27-14-7-15(20(31)32)30(10-14)21(33)34-22(3,4)5/h8-9,11,14-15H,6-7,10H2,1-5H3,(H,31,32)(H,25,26,27). The summed E-state index contributed by atoms with van der Waals surface area (Å²) < 4.78 is 7.35. The van der Waals surface area contributed by atoms with Crippen molar-refractivity contribution in [1.82, 2.24) is 34.4 Å². The van der Waals surface area contributed by atoms with E-state index in [1.54, 1.807) is 33.2 Å². The van der Waals surface area contributed by atoms with Crippen LogP contribution in [0.15, 0.2) is 18.7 Å². The normalized spacial score (nSPS) is 18.3. The van der Waals surface area contributed by atoms with Gasteiger partial charge in [-0.1, -0.05) is 0 Å². The van der Waals surface area contributed by atoms with Gasteiger partial charge in [0.15, 0.2) is 17.0 Å². The van der Waals surface area contributed by atoms with Gasteiger partial charge in [-0.05, 0) is 34.6 Å². The minimum atomic E-state index is -1.08. The number of anilines is 1. The summed E-state index contributed by atoms with van der Waals surface area (Å²) in [5, 5.41) is 12.9. The van der Waals surface area contributed by atoms with Gasteiger partial charge in [0.05, 0.1) is 5.56 Å². The molecule has 1 aliphatic rings. The van der Waals surface area contributed by atoms with E-state index in [4.69, 9.17) is 9.72 Å². The lowest BCUT2D eigenvalue weighted by atomic mass is 10.1. The van der Waals surface area contributed by atoms with E-state index >= 15 is 0 Å². The molecule has 0 radical (unpaired) electrons. The number of rotatable bonds is 5. The van der Waals surface area contributed by atoms with E-state index < -0.39 is 23.7 Å². The number of likely N-dealkylation sites (tertiary alicyclic amines) is 1. The molecular formula is C22H28N8O4. The summed E-state index contributed by atoms with van der Waals surface area (Å²) in [5.41, 5.74) is 1.20. The average molecular weight is 469 g/mol. The Morgan fingerprint density at radius 1 is 1.21 bits per heavy atom. The van der Waals surface area contributed by atoms with Crippen molar-refractivity contribution in [3.8, 4) is 11.4 Å². The van der Waals surface area contributed by atoms with Crippen molar-refractivity contribution in [1.29, 1.82) is 0 Å². The maximum atomic E-state index is 12.6. The Bertz CT molecular complexity index is 1220. The zero-order chi connectivity index (χ0) is 24.6. The fraction of sp³-hybridized carbons (Fsp3) is 0.500. The van der Waals surface area contributed by atoms with Crippen LogP contribution in [-0.4, -0.2) is 75.8 Å². The minimum Gasteiger partial charge on any atom is -0.480 e. The molecule has 0 aliphatic carbocycles. The average Bonchev–Trinajstić information content (AvgIpc) is 3.35. The number of hydrogen-bond acceptors (Lipinski definition) is 9. The Hall–Kier alpha value is -3.83. The highest BCUT2D eigenvalue weighted by Gasteiger charge is 2.42. The van der Waals surface area contributed by atoms with E-state index in [0.29, 0.717) is 35.2 Å². The first-order valence-corrected chi connectivity index (χ1v) is 11.1. The molecule has 1 amide bonds. The number of aryl methyl sites for hydroxylation is 2. The summed E-state index contributed by atoms with van der Waals surface area (Å²) in [5.74, 6) is 0.701. The second kappa shape index (κ2) is 8.84. The van der Waals surface area contributed by atoms with Crippen LogP contribution in [-0.2, 0) is 16.1 Å². The number of aliphatic carboxylic acids is 1. The number of carbonyl (C=O) groups is 2. The fourth-order valence-electron chi connectivity index (χ4n) is 3.96. The molecule has 0 aromatic carbocycles. The van der Waals surface area contributed by atoms with Crippen LogP contribution in [0.5, 0.6) is 0 Å². The number of hydrogen-bond donors (Lipinski definition) is 2. The fourth-order valence-corrected chi connectivity index (χ4v) is 3.96. The van der Waals surface area contributed by atoms with Gasteiger partial charge < -0.3 is 19.7 Å². The summed E-state index contributed by atoms with van der Waals surface area (Å²) in [4.78, 5) is 47.7. The third-order valence-corrected chi connectivity index (χ3v) is 5.44. The number of fused-ring (bicyclic) bond motifs is 1. The molecular weight excluding hydrogens is 440 g/mol. The smallest absolute Gasteiger partial charge is 0.411 e. The van der Waals surface area contributed by atoms with Crippen LogP contribution in [0.2, 0.25) is 0 Å². The SMILES string of the molecule is CCn1c(-c2cnc(C)nc2)nc2c(NC3CC(C(=O)O)N(C(=O)OC(C)(C)C)C3)ncnc21. The molecule has 1 aliphatic heterocycles. The van der Waals surface area contributed by atoms with Crippen LogP contribution in [0.1, 0.15) is 39.9 Å². The highest BCUT2D eigenvalue weighted by atomic mass is 16.6. The lowest BCUT2D eigenvalue weighted by Gasteiger charge is -2.26. The molecule has 180 valence electrons. The predicted molar refractivity (Wildman–Crippen MR) is 123 cm³/mol. The number of amides is 1. The maximum Gasteiger partial charge on any atom is 0.411 e. The Morgan fingerprint density at radius 2 is 1.91 bits per heavy atom. The molecule has 0 saturated carbocycles. The maximum absolute atomic E-state index is 12.6. The van der Waals surface area contributed by atoms with Crippen LogP contribution in [0.3, 0.4) is 0 Å². The molecule has 0 bridgehead atoms. The van der Waals surface area contributed by atoms with E-state index in [2.05, 4.69) is 25.3 Å². The zero-order valence-electron chi connectivity index (χ0n) is 19.8. The molecule has 4 rings (SSSR count). The van der Waals surface area contributed by atoms with Gasteiger partial charge in [-0.3, -0.25) is 4.90 Å². The third kappa shape index (κ3) is 4.61. The van der Waals surface area contributed by atoms with Crippen LogP contribution in [0.25, 0.3) is 22.6 Å². The Labute approximate surface area is 196 Å². The molecule has 2 unspecified atom stereocenters. The number of carboxylic acid groups (broad SMARTS) is 1. The topological polar surface area (TPSA) is 148 Å². The van der Waals surface area contributed by atoms with Crippen LogP contribution < -0.4 is 5.32 Å². The lowest BCUT2D eigenvalue weighted by Crippen LogP contribution is -2.43. The van der Waals surface area contributed by atoms with Gasteiger partial charge in [-0.25, -0.2) is 34.5 Å². The van der Waals surface area contributed by atoms with Crippen LogP contribution in [0.4, 0.5) is 10.6 Å². The highest BCUT2D eigenvalue weighted by molar-refractivity contribution is 5.87. The third-order valence-electron chi connectivity index (χ3n) is 5.44. The lowest BCUT2D eigenvalue weighted by molar-refractivity contribution is -0.142. The largest absolute Gasteiger partial charge is 0.480 e. The van der Waals surface area contributed by atoms with Crippen molar-refractivity contribution in [2.45, 2.75) is 65.3 Å². The number of imidazole rings is 1. The summed E-state index contributed by atoms with van der Waals surface area (Å²) in [7, 11) is 0. The molecule has 12 nitrogen and oxygen atoms in total. The number of carboxylic acids is 1. The molecule has 3 aromatic heterocycles. The summed E-state index contributed by atoms with van der Waals surface area (Å²) in [6.45, 7) is 9.80. The molecule has 3 aromatic rings. The quantitative estimate of drug-likeness (QED) is 0.572. The van der Waals surface area contributed by atoms with Crippen molar-refractivity contribution in [3.63, 3.8) is 0 Å². The molecule has 1 saturated heterocycles. The van der Waals surface area contributed by atoms with Crippen molar-refractivity contribution in [2.24, 2.45) is 0 Å². The van der Waals surface area contributed by atoms with Gasteiger partial charge >= 0.3 is 12.1 Å². The molecule has 12 heteroatoms. The Balaban J connectivity index is 1.64. The first-order chi connectivity index (χ1) is 16.1. The van der Waals surface area contributed by atoms with Gasteiger partial charge in [-0.2, -0.15) is 0 Å². The van der Waals surface area contributed by atoms with E-state index in [0.717, 1.165) is 5.56 Å². The second-order valence-electron chi connectivity index (χ2n) is 9.16. The summed E-state index contributed by atoms with van der Waals surface area (Å²) in [6, 6.07) is -1.36. The van der Waals surface area contributed by atoms with Gasteiger partial charge in [0.1, 0.15) is 29.6 Å². The number of aromatic nitrogens is 6. The zero-order valence-corrected chi connectivity index (χ0v) is 19.8. The van der Waals surface area contributed by atoms with Crippen LogP contribution in [0, 0.1) is 6.92 Å². The van der Waals surface area contributed by atoms with Crippen molar-refractivity contribution in [2.75, 3.05) is 11.9 Å². The summed E-state index contributed by atoms with van der Waals surface area (Å²) in [6.07, 6.45) is 4.40. The first kappa shape index (κ1) is 23.3. The second-order valence-corrected chi connectivity index (χ2v) is 9.16. The molecule has 34 heavy (non-hydrogen) atoms. The molecule has 2 atom stereocenters. The number of carbonyl (C=O) groups excluding carboxylic acids is 1. The van der Waals surface area contributed by atoms with E-state index in [-0.39, 0.29) is 19.0 Å². The predicted octanol–water partition coefficient (Wildman–Crippen LogP) is 2.49. The highest BCUT2D eigenvalue weighted by Crippen LogP contribution is 2.29.